The van der Waals surface area contributed by atoms with Crippen LogP contribution in [0.2, 0.25) is 0 Å². The van der Waals surface area contributed by atoms with Crippen LogP contribution in [0.15, 0.2) is 18.2 Å². The van der Waals surface area contributed by atoms with E-state index >= 15 is 0 Å². The number of nitrogens with zero attached hydrogens (tertiary/aromatic N) is 1. The molecule has 1 aromatic carbocycles. The monoisotopic (exact) mass is 280 g/mol. The summed E-state index contributed by atoms with van der Waals surface area (Å²) in [4.78, 5) is 13.6. The number of rotatable bonds is 4. The maximum Gasteiger partial charge on any atom is 0.246 e. The summed E-state index contributed by atoms with van der Waals surface area (Å²) in [6.07, 6.45) is 1.85. The van der Waals surface area contributed by atoms with Crippen LogP contribution < -0.4 is 10.2 Å². The normalized spacial score (nSPS) is 18.9. The molecule has 2 rings (SSSR count). The lowest BCUT2D eigenvalue weighted by Crippen LogP contribution is -2.48. The van der Waals surface area contributed by atoms with Gasteiger partial charge in [0.1, 0.15) is 12.4 Å². The van der Waals surface area contributed by atoms with Gasteiger partial charge in [0.25, 0.3) is 0 Å². The van der Waals surface area contributed by atoms with Crippen LogP contribution in [0.4, 0.5) is 10.1 Å². The number of piperidine rings is 1. The number of nitrogens with one attached hydrogen (secondary N) is 1. The number of halogens is 1. The average Bonchev–Trinajstić information content (AvgIpc) is 2.42. The van der Waals surface area contributed by atoms with Gasteiger partial charge in [-0.15, -0.1) is 0 Å². The number of hydrogen-bond acceptors (Lipinski definition) is 3. The van der Waals surface area contributed by atoms with E-state index in [-0.39, 0.29) is 24.4 Å². The van der Waals surface area contributed by atoms with E-state index in [4.69, 9.17) is 4.74 Å². The lowest BCUT2D eigenvalue weighted by atomic mass is 10.0. The molecule has 1 N–H and O–H groups in total. The van der Waals surface area contributed by atoms with Gasteiger partial charge in [0, 0.05) is 26.2 Å². The molecule has 0 bridgehead atoms. The van der Waals surface area contributed by atoms with Crippen LogP contribution in [-0.4, -0.2) is 38.8 Å². The van der Waals surface area contributed by atoms with E-state index in [2.05, 4.69) is 5.32 Å². The minimum absolute atomic E-state index is 0.0475. The summed E-state index contributed by atoms with van der Waals surface area (Å²) >= 11 is 0. The first-order chi connectivity index (χ1) is 9.60. The molecule has 110 valence electrons. The van der Waals surface area contributed by atoms with E-state index in [1.54, 1.807) is 6.07 Å². The third-order valence-corrected chi connectivity index (χ3v) is 3.50. The molecule has 1 amide bonds. The van der Waals surface area contributed by atoms with Gasteiger partial charge in [0.15, 0.2) is 0 Å². The Bertz CT molecular complexity index is 479. The molecule has 1 aliphatic heterocycles. The predicted molar refractivity (Wildman–Crippen MR) is 76.4 cm³/mol. The molecule has 0 unspecified atom stereocenters. The summed E-state index contributed by atoms with van der Waals surface area (Å²) in [5, 5.41) is 2.93. The highest BCUT2D eigenvalue weighted by Crippen LogP contribution is 2.24. The van der Waals surface area contributed by atoms with Crippen molar-refractivity contribution in [2.45, 2.75) is 25.8 Å². The van der Waals surface area contributed by atoms with Gasteiger partial charge >= 0.3 is 0 Å². The van der Waals surface area contributed by atoms with Crippen molar-refractivity contribution in [2.75, 3.05) is 31.7 Å². The number of carbonyl (C=O) groups is 1. The number of ether oxygens (including phenoxy) is 1. The summed E-state index contributed by atoms with van der Waals surface area (Å²) in [6, 6.07) is 5.17. The molecular formula is C15H21FN2O2. The molecular weight excluding hydrogens is 259 g/mol. The molecule has 0 aliphatic carbocycles. The SMILES string of the molecule is COCC(=O)N[C@@H]1CCCN(c2cc(C)ccc2F)C1. The fraction of sp³-hybridized carbons (Fsp3) is 0.533. The minimum Gasteiger partial charge on any atom is -0.375 e. The molecule has 1 fully saturated rings. The van der Waals surface area contributed by atoms with Gasteiger partial charge < -0.3 is 15.0 Å². The second-order valence-electron chi connectivity index (χ2n) is 5.24. The van der Waals surface area contributed by atoms with Crippen LogP contribution in [-0.2, 0) is 9.53 Å². The fourth-order valence-corrected chi connectivity index (χ4v) is 2.58. The Kier molecular flexibility index (Phi) is 4.95. The van der Waals surface area contributed by atoms with Crippen LogP contribution in [0.1, 0.15) is 18.4 Å². The largest absolute Gasteiger partial charge is 0.375 e. The van der Waals surface area contributed by atoms with Crippen molar-refractivity contribution in [3.8, 4) is 0 Å². The smallest absolute Gasteiger partial charge is 0.246 e. The topological polar surface area (TPSA) is 41.6 Å². The molecule has 1 saturated heterocycles. The van der Waals surface area contributed by atoms with E-state index in [9.17, 15) is 9.18 Å². The van der Waals surface area contributed by atoms with E-state index in [1.165, 1.54) is 13.2 Å². The molecule has 0 spiro atoms. The lowest BCUT2D eigenvalue weighted by Gasteiger charge is -2.35. The van der Waals surface area contributed by atoms with Gasteiger partial charge in [-0.25, -0.2) is 4.39 Å². The molecule has 1 heterocycles. The highest BCUT2D eigenvalue weighted by Gasteiger charge is 2.23. The lowest BCUT2D eigenvalue weighted by molar-refractivity contribution is -0.125. The Balaban J connectivity index is 2.03. The molecule has 1 aliphatic rings. The van der Waals surface area contributed by atoms with E-state index < -0.39 is 0 Å². The van der Waals surface area contributed by atoms with Gasteiger partial charge in [-0.2, -0.15) is 0 Å². The summed E-state index contributed by atoms with van der Waals surface area (Å²) in [5.41, 5.74) is 1.66. The predicted octanol–water partition coefficient (Wildman–Crippen LogP) is 1.87. The summed E-state index contributed by atoms with van der Waals surface area (Å²) in [6.45, 7) is 3.47. The van der Waals surface area contributed by atoms with Crippen LogP contribution in [0.5, 0.6) is 0 Å². The first-order valence-electron chi connectivity index (χ1n) is 6.89. The third kappa shape index (κ3) is 3.70. The van der Waals surface area contributed by atoms with E-state index in [0.717, 1.165) is 24.9 Å². The number of methoxy groups -OCH3 is 1. The molecule has 1 atom stereocenters. The highest BCUT2D eigenvalue weighted by molar-refractivity contribution is 5.77. The fourth-order valence-electron chi connectivity index (χ4n) is 2.58. The Morgan fingerprint density at radius 3 is 3.10 bits per heavy atom. The average molecular weight is 280 g/mol. The van der Waals surface area contributed by atoms with Crippen molar-refractivity contribution in [3.63, 3.8) is 0 Å². The van der Waals surface area contributed by atoms with Crippen LogP contribution in [0, 0.1) is 12.7 Å². The van der Waals surface area contributed by atoms with Crippen molar-refractivity contribution in [2.24, 2.45) is 0 Å². The second kappa shape index (κ2) is 6.70. The van der Waals surface area contributed by atoms with Gasteiger partial charge in [-0.3, -0.25) is 4.79 Å². The highest BCUT2D eigenvalue weighted by atomic mass is 19.1. The standard InChI is InChI=1S/C15H21FN2O2/c1-11-5-6-13(16)14(8-11)18-7-3-4-12(9-18)17-15(19)10-20-2/h5-6,8,12H,3-4,7,9-10H2,1-2H3,(H,17,19)/t12-/m1/s1. The van der Waals surface area contributed by atoms with E-state index in [0.29, 0.717) is 12.2 Å². The Morgan fingerprint density at radius 1 is 1.55 bits per heavy atom. The Labute approximate surface area is 118 Å². The van der Waals surface area contributed by atoms with Crippen molar-refractivity contribution in [1.82, 2.24) is 5.32 Å². The first-order valence-corrected chi connectivity index (χ1v) is 6.89. The van der Waals surface area contributed by atoms with Gasteiger partial charge in [0.05, 0.1) is 5.69 Å². The molecule has 0 radical (unpaired) electrons. The zero-order valence-corrected chi connectivity index (χ0v) is 12.0. The molecule has 20 heavy (non-hydrogen) atoms. The molecule has 0 saturated carbocycles. The van der Waals surface area contributed by atoms with Crippen LogP contribution in [0.25, 0.3) is 0 Å². The number of amides is 1. The molecule has 0 aromatic heterocycles. The quantitative estimate of drug-likeness (QED) is 0.915. The number of anilines is 1. The van der Waals surface area contributed by atoms with Crippen molar-refractivity contribution < 1.29 is 13.9 Å². The number of hydrogen-bond donors (Lipinski definition) is 1. The molecule has 5 heteroatoms. The summed E-state index contributed by atoms with van der Waals surface area (Å²) in [7, 11) is 1.49. The third-order valence-electron chi connectivity index (χ3n) is 3.50. The maximum atomic E-state index is 13.9. The zero-order chi connectivity index (χ0) is 14.5. The summed E-state index contributed by atoms with van der Waals surface area (Å²) in [5.74, 6) is -0.330. The van der Waals surface area contributed by atoms with Crippen LogP contribution >= 0.6 is 0 Å². The number of aryl methyl sites for hydroxylation is 1. The van der Waals surface area contributed by atoms with Crippen molar-refractivity contribution in [1.29, 1.82) is 0 Å². The Hall–Kier alpha value is -1.62. The molecule has 1 aromatic rings. The van der Waals surface area contributed by atoms with Gasteiger partial charge in [0.2, 0.25) is 5.91 Å². The Morgan fingerprint density at radius 2 is 2.35 bits per heavy atom. The second-order valence-corrected chi connectivity index (χ2v) is 5.24. The van der Waals surface area contributed by atoms with Crippen LogP contribution in [0.3, 0.4) is 0 Å². The van der Waals surface area contributed by atoms with Crippen molar-refractivity contribution in [3.05, 3.63) is 29.6 Å². The zero-order valence-electron chi connectivity index (χ0n) is 12.0. The minimum atomic E-state index is -0.209. The molecule has 4 nitrogen and oxygen atoms in total. The first kappa shape index (κ1) is 14.8. The summed E-state index contributed by atoms with van der Waals surface area (Å²) < 4.78 is 18.7. The number of benzene rings is 1. The maximum absolute atomic E-state index is 13.9. The van der Waals surface area contributed by atoms with Crippen molar-refractivity contribution >= 4 is 11.6 Å². The van der Waals surface area contributed by atoms with Gasteiger partial charge in [-0.1, -0.05) is 6.07 Å². The number of carbonyl (C=O) groups excluding carboxylic acids is 1. The van der Waals surface area contributed by atoms with E-state index in [1.807, 2.05) is 17.9 Å². The van der Waals surface area contributed by atoms with Gasteiger partial charge in [-0.05, 0) is 37.5 Å².